The van der Waals surface area contributed by atoms with Gasteiger partial charge in [-0.15, -0.1) is 6.58 Å². The highest BCUT2D eigenvalue weighted by atomic mass is 16.5. The van der Waals surface area contributed by atoms with Crippen LogP contribution in [-0.2, 0) is 16.1 Å². The number of carboxylic acid groups (broad SMARTS) is 1. The number of carbonyl (C=O) groups is 1. The van der Waals surface area contributed by atoms with Gasteiger partial charge in [-0.3, -0.25) is 4.79 Å². The van der Waals surface area contributed by atoms with Crippen LogP contribution in [0.3, 0.4) is 0 Å². The zero-order valence-corrected chi connectivity index (χ0v) is 10.5. The second-order valence-electron chi connectivity index (χ2n) is 3.87. The fourth-order valence-electron chi connectivity index (χ4n) is 1.46. The Balaban J connectivity index is 2.41. The van der Waals surface area contributed by atoms with Crippen molar-refractivity contribution in [2.45, 2.75) is 25.6 Å². The lowest BCUT2D eigenvalue weighted by Crippen LogP contribution is -2.11. The Labute approximate surface area is 107 Å². The average molecular weight is 250 g/mol. The first-order chi connectivity index (χ1) is 8.65. The number of benzene rings is 1. The minimum Gasteiger partial charge on any atom is -0.497 e. The van der Waals surface area contributed by atoms with Gasteiger partial charge in [0.25, 0.3) is 0 Å². The first-order valence-electron chi connectivity index (χ1n) is 5.74. The number of rotatable bonds is 8. The lowest BCUT2D eigenvalue weighted by atomic mass is 10.2. The summed E-state index contributed by atoms with van der Waals surface area (Å²) in [6, 6.07) is 7.55. The summed E-state index contributed by atoms with van der Waals surface area (Å²) in [6.45, 7) is 4.07. The maximum Gasteiger partial charge on any atom is 0.303 e. The third-order valence-corrected chi connectivity index (χ3v) is 2.53. The first kappa shape index (κ1) is 14.3. The van der Waals surface area contributed by atoms with Crippen molar-refractivity contribution >= 4 is 5.97 Å². The number of ether oxygens (including phenoxy) is 2. The van der Waals surface area contributed by atoms with E-state index in [0.717, 1.165) is 11.3 Å². The van der Waals surface area contributed by atoms with E-state index in [9.17, 15) is 4.79 Å². The molecule has 0 heterocycles. The van der Waals surface area contributed by atoms with E-state index in [1.54, 1.807) is 13.2 Å². The molecule has 0 saturated carbocycles. The van der Waals surface area contributed by atoms with Crippen LogP contribution in [0.5, 0.6) is 5.75 Å². The molecule has 0 aromatic heterocycles. The Hall–Kier alpha value is -1.81. The summed E-state index contributed by atoms with van der Waals surface area (Å²) in [4.78, 5) is 10.5. The second kappa shape index (κ2) is 7.50. The lowest BCUT2D eigenvalue weighted by Gasteiger charge is -2.13. The standard InChI is InChI=1S/C14H18O4/c1-3-12(8-9-14(15)16)18-10-11-4-6-13(17-2)7-5-11/h3-7,12H,1,8-10H2,2H3,(H,15,16). The fraction of sp³-hybridized carbons (Fsp3) is 0.357. The molecule has 0 aliphatic carbocycles. The van der Waals surface area contributed by atoms with E-state index in [2.05, 4.69) is 6.58 Å². The minimum absolute atomic E-state index is 0.0826. The quantitative estimate of drug-likeness (QED) is 0.720. The van der Waals surface area contributed by atoms with Gasteiger partial charge in [-0.05, 0) is 24.1 Å². The van der Waals surface area contributed by atoms with Gasteiger partial charge >= 0.3 is 5.97 Å². The summed E-state index contributed by atoms with van der Waals surface area (Å²) < 4.78 is 10.6. The molecule has 0 spiro atoms. The van der Waals surface area contributed by atoms with Crippen LogP contribution in [0.15, 0.2) is 36.9 Å². The number of methoxy groups -OCH3 is 1. The summed E-state index contributed by atoms with van der Waals surface area (Å²) in [6.07, 6.45) is 1.92. The Morgan fingerprint density at radius 2 is 2.11 bits per heavy atom. The van der Waals surface area contributed by atoms with Gasteiger partial charge in [0, 0.05) is 6.42 Å². The molecule has 0 saturated heterocycles. The molecule has 4 heteroatoms. The SMILES string of the molecule is C=CC(CCC(=O)O)OCc1ccc(OC)cc1. The molecule has 0 bridgehead atoms. The number of carboxylic acids is 1. The summed E-state index contributed by atoms with van der Waals surface area (Å²) in [5.41, 5.74) is 1.01. The minimum atomic E-state index is -0.824. The van der Waals surface area contributed by atoms with Gasteiger partial charge in [0.15, 0.2) is 0 Å². The van der Waals surface area contributed by atoms with Crippen LogP contribution in [0.1, 0.15) is 18.4 Å². The Bertz CT molecular complexity index is 383. The van der Waals surface area contributed by atoms with Crippen LogP contribution < -0.4 is 4.74 Å². The molecule has 0 aliphatic rings. The van der Waals surface area contributed by atoms with Crippen LogP contribution in [0, 0.1) is 0 Å². The van der Waals surface area contributed by atoms with E-state index in [4.69, 9.17) is 14.6 Å². The molecule has 0 radical (unpaired) electrons. The maximum atomic E-state index is 10.5. The number of hydrogen-bond acceptors (Lipinski definition) is 3. The molecule has 4 nitrogen and oxygen atoms in total. The van der Waals surface area contributed by atoms with Crippen molar-refractivity contribution in [3.63, 3.8) is 0 Å². The Morgan fingerprint density at radius 1 is 1.44 bits per heavy atom. The van der Waals surface area contributed by atoms with Crippen LogP contribution >= 0.6 is 0 Å². The third kappa shape index (κ3) is 5.01. The molecule has 0 aliphatic heterocycles. The highest BCUT2D eigenvalue weighted by molar-refractivity contribution is 5.66. The summed E-state index contributed by atoms with van der Waals surface area (Å²) in [5, 5.41) is 8.60. The highest BCUT2D eigenvalue weighted by Gasteiger charge is 2.07. The molecule has 1 rings (SSSR count). The molecule has 1 unspecified atom stereocenters. The van der Waals surface area contributed by atoms with E-state index in [1.165, 1.54) is 0 Å². The van der Waals surface area contributed by atoms with Crippen molar-refractivity contribution in [1.29, 1.82) is 0 Å². The van der Waals surface area contributed by atoms with Gasteiger partial charge in [0.2, 0.25) is 0 Å². The zero-order valence-electron chi connectivity index (χ0n) is 10.5. The topological polar surface area (TPSA) is 55.8 Å². The van der Waals surface area contributed by atoms with Crippen molar-refractivity contribution in [2.75, 3.05) is 7.11 Å². The Morgan fingerprint density at radius 3 is 2.61 bits per heavy atom. The van der Waals surface area contributed by atoms with Gasteiger partial charge in [-0.1, -0.05) is 18.2 Å². The van der Waals surface area contributed by atoms with Crippen molar-refractivity contribution < 1.29 is 19.4 Å². The Kier molecular flexibility index (Phi) is 5.94. The molecule has 0 amide bonds. The zero-order chi connectivity index (χ0) is 13.4. The number of hydrogen-bond donors (Lipinski definition) is 1. The average Bonchev–Trinajstić information content (AvgIpc) is 2.39. The molecular weight excluding hydrogens is 232 g/mol. The molecule has 98 valence electrons. The smallest absolute Gasteiger partial charge is 0.303 e. The van der Waals surface area contributed by atoms with Crippen molar-refractivity contribution in [3.05, 3.63) is 42.5 Å². The summed E-state index contributed by atoms with van der Waals surface area (Å²) in [5.74, 6) is -0.0280. The van der Waals surface area contributed by atoms with E-state index in [-0.39, 0.29) is 12.5 Å². The predicted octanol–water partition coefficient (Wildman–Crippen LogP) is 2.63. The molecule has 1 aromatic carbocycles. The van der Waals surface area contributed by atoms with Crippen LogP contribution in [0.4, 0.5) is 0 Å². The first-order valence-corrected chi connectivity index (χ1v) is 5.74. The molecule has 1 N–H and O–H groups in total. The molecule has 1 aromatic rings. The lowest BCUT2D eigenvalue weighted by molar-refractivity contribution is -0.137. The highest BCUT2D eigenvalue weighted by Crippen LogP contribution is 2.13. The van der Waals surface area contributed by atoms with Gasteiger partial charge < -0.3 is 14.6 Å². The molecule has 0 fully saturated rings. The van der Waals surface area contributed by atoms with Gasteiger partial charge in [0.1, 0.15) is 5.75 Å². The maximum absolute atomic E-state index is 10.5. The largest absolute Gasteiger partial charge is 0.497 e. The van der Waals surface area contributed by atoms with Crippen LogP contribution in [-0.4, -0.2) is 24.3 Å². The van der Waals surface area contributed by atoms with Crippen LogP contribution in [0.2, 0.25) is 0 Å². The number of aliphatic carboxylic acids is 1. The van der Waals surface area contributed by atoms with Gasteiger partial charge in [0.05, 0.1) is 19.8 Å². The van der Waals surface area contributed by atoms with E-state index >= 15 is 0 Å². The monoisotopic (exact) mass is 250 g/mol. The predicted molar refractivity (Wildman–Crippen MR) is 68.6 cm³/mol. The summed E-state index contributed by atoms with van der Waals surface area (Å²) in [7, 11) is 1.62. The molecule has 1 atom stereocenters. The van der Waals surface area contributed by atoms with Crippen molar-refractivity contribution in [1.82, 2.24) is 0 Å². The van der Waals surface area contributed by atoms with E-state index in [0.29, 0.717) is 13.0 Å². The van der Waals surface area contributed by atoms with Crippen LogP contribution in [0.25, 0.3) is 0 Å². The van der Waals surface area contributed by atoms with E-state index in [1.807, 2.05) is 24.3 Å². The molecular formula is C14H18O4. The fourth-order valence-corrected chi connectivity index (χ4v) is 1.46. The van der Waals surface area contributed by atoms with E-state index < -0.39 is 5.97 Å². The van der Waals surface area contributed by atoms with Gasteiger partial charge in [-0.25, -0.2) is 0 Å². The van der Waals surface area contributed by atoms with Gasteiger partial charge in [-0.2, -0.15) is 0 Å². The second-order valence-corrected chi connectivity index (χ2v) is 3.87. The normalized spacial score (nSPS) is 11.8. The molecule has 18 heavy (non-hydrogen) atoms. The summed E-state index contributed by atoms with van der Waals surface area (Å²) >= 11 is 0. The van der Waals surface area contributed by atoms with Crippen molar-refractivity contribution in [3.8, 4) is 5.75 Å². The van der Waals surface area contributed by atoms with Crippen molar-refractivity contribution in [2.24, 2.45) is 0 Å². The third-order valence-electron chi connectivity index (χ3n) is 2.53.